The van der Waals surface area contributed by atoms with Crippen LogP contribution in [0.1, 0.15) is 42.5 Å². The highest BCUT2D eigenvalue weighted by Gasteiger charge is 2.30. The molecule has 1 N–H and O–H groups in total. The number of hydrogen-bond acceptors (Lipinski definition) is 6. The van der Waals surface area contributed by atoms with Crippen molar-refractivity contribution in [3.8, 4) is 17.0 Å². The highest BCUT2D eigenvalue weighted by atomic mass is 19.1. The van der Waals surface area contributed by atoms with E-state index in [0.717, 1.165) is 45.9 Å². The Morgan fingerprint density at radius 1 is 1.11 bits per heavy atom. The number of nitrogens with one attached hydrogen (secondary N) is 1. The molecule has 2 aliphatic rings. The molecule has 0 aliphatic carbocycles. The molecule has 0 unspecified atom stereocenters. The van der Waals surface area contributed by atoms with Crippen molar-refractivity contribution < 1.29 is 18.3 Å². The lowest BCUT2D eigenvalue weighted by Crippen LogP contribution is -2.40. The van der Waals surface area contributed by atoms with E-state index in [9.17, 15) is 13.6 Å². The zero-order chi connectivity index (χ0) is 24.7. The third kappa shape index (κ3) is 4.56. The number of nitrogens with zero attached hydrogens (tertiary/aromatic N) is 5. The monoisotopic (exact) mass is 482 g/mol. The maximum absolute atomic E-state index is 14.0. The summed E-state index contributed by atoms with van der Waals surface area (Å²) in [6, 6.07) is 3.37. The first kappa shape index (κ1) is 23.2. The average molecular weight is 483 g/mol. The molecule has 184 valence electrons. The number of aromatic nitrogens is 4. The van der Waals surface area contributed by atoms with Crippen molar-refractivity contribution in [2.45, 2.75) is 52.7 Å². The van der Waals surface area contributed by atoms with Gasteiger partial charge in [0.25, 0.3) is 0 Å². The minimum absolute atomic E-state index is 0.0263. The predicted molar refractivity (Wildman–Crippen MR) is 126 cm³/mol. The van der Waals surface area contributed by atoms with E-state index in [1.807, 2.05) is 13.8 Å². The maximum atomic E-state index is 14.0. The van der Waals surface area contributed by atoms with Crippen LogP contribution < -0.4 is 9.64 Å². The van der Waals surface area contributed by atoms with Crippen LogP contribution in [0.15, 0.2) is 18.2 Å². The molecule has 0 atom stereocenters. The predicted octanol–water partition coefficient (Wildman–Crippen LogP) is 3.71. The molecule has 3 aromatic rings. The molecule has 1 fully saturated rings. The van der Waals surface area contributed by atoms with Gasteiger partial charge in [-0.3, -0.25) is 9.89 Å². The number of aryl methyl sites for hydroxylation is 2. The van der Waals surface area contributed by atoms with Crippen molar-refractivity contribution in [3.05, 3.63) is 52.6 Å². The summed E-state index contributed by atoms with van der Waals surface area (Å²) in [6.45, 7) is 7.84. The molecular formula is C25H28F2N6O2. The number of aromatic amines is 1. The van der Waals surface area contributed by atoms with Gasteiger partial charge in [-0.15, -0.1) is 0 Å². The topological polar surface area (TPSA) is 87.2 Å². The van der Waals surface area contributed by atoms with Crippen LogP contribution >= 0.6 is 0 Å². The van der Waals surface area contributed by atoms with Crippen molar-refractivity contribution in [2.24, 2.45) is 0 Å². The molecule has 10 heteroatoms. The zero-order valence-corrected chi connectivity index (χ0v) is 20.1. The van der Waals surface area contributed by atoms with Crippen molar-refractivity contribution >= 4 is 11.7 Å². The van der Waals surface area contributed by atoms with E-state index in [4.69, 9.17) is 14.7 Å². The number of rotatable bonds is 4. The van der Waals surface area contributed by atoms with Crippen LogP contribution in [-0.2, 0) is 17.8 Å². The second kappa shape index (κ2) is 9.24. The Hall–Kier alpha value is -3.56. The lowest BCUT2D eigenvalue weighted by Gasteiger charge is -2.35. The first-order valence-corrected chi connectivity index (χ1v) is 11.8. The molecule has 2 aromatic heterocycles. The summed E-state index contributed by atoms with van der Waals surface area (Å²) in [5.74, 6) is -0.434. The van der Waals surface area contributed by atoms with Gasteiger partial charge in [-0.05, 0) is 26.0 Å². The lowest BCUT2D eigenvalue weighted by atomic mass is 10.0. The lowest BCUT2D eigenvalue weighted by molar-refractivity contribution is -0.129. The Bertz CT molecular complexity index is 1250. The number of halogens is 2. The van der Waals surface area contributed by atoms with E-state index in [-0.39, 0.29) is 17.8 Å². The second-order valence-electron chi connectivity index (χ2n) is 9.17. The Balaban J connectivity index is 1.42. The van der Waals surface area contributed by atoms with E-state index < -0.39 is 11.6 Å². The van der Waals surface area contributed by atoms with Gasteiger partial charge in [0.1, 0.15) is 17.6 Å². The van der Waals surface area contributed by atoms with E-state index >= 15 is 0 Å². The first-order chi connectivity index (χ1) is 16.8. The van der Waals surface area contributed by atoms with Gasteiger partial charge in [0.15, 0.2) is 17.4 Å². The summed E-state index contributed by atoms with van der Waals surface area (Å²) in [5, 5.41) is 7.38. The number of fused-ring (bicyclic) bond motifs is 1. The van der Waals surface area contributed by atoms with E-state index in [0.29, 0.717) is 45.4 Å². The molecule has 0 spiro atoms. The van der Waals surface area contributed by atoms with Gasteiger partial charge in [0.05, 0.1) is 23.6 Å². The normalized spacial score (nSPS) is 16.4. The van der Waals surface area contributed by atoms with Crippen LogP contribution in [0, 0.1) is 25.5 Å². The number of H-pyrrole nitrogens is 1. The van der Waals surface area contributed by atoms with Gasteiger partial charge in [-0.25, -0.2) is 18.7 Å². The molecule has 0 bridgehead atoms. The average Bonchev–Trinajstić information content (AvgIpc) is 3.17. The summed E-state index contributed by atoms with van der Waals surface area (Å²) >= 11 is 0. The molecule has 1 aromatic carbocycles. The largest absolute Gasteiger partial charge is 0.487 e. The van der Waals surface area contributed by atoms with Crippen LogP contribution in [0.4, 0.5) is 14.6 Å². The molecule has 35 heavy (non-hydrogen) atoms. The Morgan fingerprint density at radius 3 is 2.54 bits per heavy atom. The van der Waals surface area contributed by atoms with E-state index in [2.05, 4.69) is 15.1 Å². The van der Waals surface area contributed by atoms with Gasteiger partial charge in [0.2, 0.25) is 5.91 Å². The quantitative estimate of drug-likeness (QED) is 0.610. The van der Waals surface area contributed by atoms with Crippen molar-refractivity contribution in [3.63, 3.8) is 0 Å². The van der Waals surface area contributed by atoms with Crippen molar-refractivity contribution in [1.29, 1.82) is 0 Å². The van der Waals surface area contributed by atoms with Gasteiger partial charge >= 0.3 is 0 Å². The molecule has 1 amide bonds. The number of carbonyl (C=O) groups excluding carboxylic acids is 1. The van der Waals surface area contributed by atoms with Gasteiger partial charge < -0.3 is 14.5 Å². The fraction of sp³-hybridized carbons (Fsp3) is 0.440. The summed E-state index contributed by atoms with van der Waals surface area (Å²) in [4.78, 5) is 26.0. The molecule has 2 aliphatic heterocycles. The van der Waals surface area contributed by atoms with Gasteiger partial charge in [-0.1, -0.05) is 0 Å². The number of carbonyl (C=O) groups is 1. The van der Waals surface area contributed by atoms with Crippen LogP contribution in [0.25, 0.3) is 11.3 Å². The minimum Gasteiger partial charge on any atom is -0.487 e. The molecule has 1 saturated heterocycles. The molecule has 5 rings (SSSR count). The van der Waals surface area contributed by atoms with Crippen LogP contribution in [0.2, 0.25) is 0 Å². The molecule has 0 radical (unpaired) electrons. The third-order valence-electron chi connectivity index (χ3n) is 6.73. The van der Waals surface area contributed by atoms with Crippen LogP contribution in [0.3, 0.4) is 0 Å². The maximum Gasteiger partial charge on any atom is 0.219 e. The van der Waals surface area contributed by atoms with Gasteiger partial charge in [-0.2, -0.15) is 5.10 Å². The zero-order valence-electron chi connectivity index (χ0n) is 20.1. The summed E-state index contributed by atoms with van der Waals surface area (Å²) in [6.07, 6.45) is 1.80. The van der Waals surface area contributed by atoms with Crippen molar-refractivity contribution in [2.75, 3.05) is 24.5 Å². The van der Waals surface area contributed by atoms with E-state index in [1.165, 1.54) is 12.1 Å². The Morgan fingerprint density at radius 2 is 1.89 bits per heavy atom. The number of anilines is 1. The first-order valence-electron chi connectivity index (χ1n) is 11.8. The third-order valence-corrected chi connectivity index (χ3v) is 6.73. The highest BCUT2D eigenvalue weighted by molar-refractivity contribution is 5.77. The smallest absolute Gasteiger partial charge is 0.219 e. The summed E-state index contributed by atoms with van der Waals surface area (Å²) < 4.78 is 33.1. The molecule has 8 nitrogen and oxygen atoms in total. The highest BCUT2D eigenvalue weighted by Crippen LogP contribution is 2.35. The minimum atomic E-state index is -0.694. The van der Waals surface area contributed by atoms with Crippen LogP contribution in [0.5, 0.6) is 5.75 Å². The number of piperidine rings is 1. The fourth-order valence-corrected chi connectivity index (χ4v) is 4.81. The fourth-order valence-electron chi connectivity index (χ4n) is 4.81. The SMILES string of the molecule is CC(=O)N1CCc2nc(N3CCC(Oc4ccc(F)cc4F)CC3)c(-c3c(C)n[nH]c3C)nc2C1. The Labute approximate surface area is 202 Å². The van der Waals surface area contributed by atoms with E-state index in [1.54, 1.807) is 11.8 Å². The standard InChI is InChI=1S/C25H28F2N6O2/c1-14-23(15(2)31-30-14)24-25(29-20-8-11-33(16(3)34)13-21(20)28-24)32-9-6-18(7-10-32)35-22-5-4-17(26)12-19(22)27/h4-5,12,18H,6-11,13H2,1-3H3,(H,30,31). The number of benzene rings is 1. The van der Waals surface area contributed by atoms with Gasteiger partial charge in [0, 0.05) is 63.1 Å². The summed E-state index contributed by atoms with van der Waals surface area (Å²) in [7, 11) is 0. The Kier molecular flexibility index (Phi) is 6.12. The van der Waals surface area contributed by atoms with Crippen LogP contribution in [-0.4, -0.2) is 56.7 Å². The molecule has 4 heterocycles. The second-order valence-corrected chi connectivity index (χ2v) is 9.17. The number of ether oxygens (including phenoxy) is 1. The molecular weight excluding hydrogens is 454 g/mol. The molecule has 0 saturated carbocycles. The van der Waals surface area contributed by atoms with Crippen molar-refractivity contribution in [1.82, 2.24) is 25.1 Å². The number of amides is 1. The summed E-state index contributed by atoms with van der Waals surface area (Å²) in [5.41, 5.74) is 5.13. The number of hydrogen-bond donors (Lipinski definition) is 1.